The Balaban J connectivity index is 1.80. The zero-order chi connectivity index (χ0) is 16.3. The maximum absolute atomic E-state index is 12.3. The number of carbonyl (C=O) groups excluding carboxylic acids is 1. The van der Waals surface area contributed by atoms with E-state index < -0.39 is 0 Å². The quantitative estimate of drug-likeness (QED) is 0.930. The number of urea groups is 1. The number of amides is 2. The molecule has 2 atom stereocenters. The van der Waals surface area contributed by atoms with E-state index in [0.717, 1.165) is 17.1 Å². The van der Waals surface area contributed by atoms with Gasteiger partial charge in [0.15, 0.2) is 0 Å². The second kappa shape index (κ2) is 6.96. The van der Waals surface area contributed by atoms with Gasteiger partial charge in [0.25, 0.3) is 0 Å². The highest BCUT2D eigenvalue weighted by atomic mass is 32.1. The second-order valence-electron chi connectivity index (χ2n) is 7.02. The molecule has 0 saturated carbocycles. The monoisotopic (exact) mass is 325 g/mol. The molecular formula is C16H27N3O2S. The maximum atomic E-state index is 12.3. The Hall–Kier alpha value is -1.14. The molecule has 0 radical (unpaired) electrons. The number of rotatable bonds is 3. The van der Waals surface area contributed by atoms with Gasteiger partial charge in [0, 0.05) is 30.3 Å². The van der Waals surface area contributed by atoms with E-state index in [1.165, 1.54) is 0 Å². The fourth-order valence-corrected chi connectivity index (χ4v) is 3.29. The first-order valence-corrected chi connectivity index (χ1v) is 8.76. The number of nitrogens with one attached hydrogen (secondary N) is 1. The average molecular weight is 325 g/mol. The van der Waals surface area contributed by atoms with Gasteiger partial charge in [0.2, 0.25) is 0 Å². The van der Waals surface area contributed by atoms with Gasteiger partial charge in [0.1, 0.15) is 0 Å². The summed E-state index contributed by atoms with van der Waals surface area (Å²) in [5.74, 6) is 0. The highest BCUT2D eigenvalue weighted by Gasteiger charge is 2.27. The van der Waals surface area contributed by atoms with Crippen molar-refractivity contribution < 1.29 is 9.53 Å². The van der Waals surface area contributed by atoms with Crippen LogP contribution in [0.15, 0.2) is 5.38 Å². The molecule has 0 aliphatic carbocycles. The average Bonchev–Trinajstić information content (AvgIpc) is 2.90. The molecule has 0 unspecified atom stereocenters. The van der Waals surface area contributed by atoms with Crippen LogP contribution >= 0.6 is 11.3 Å². The minimum absolute atomic E-state index is 0.00563. The van der Waals surface area contributed by atoms with E-state index in [0.29, 0.717) is 19.7 Å². The molecule has 5 nitrogen and oxygen atoms in total. The molecule has 6 heteroatoms. The summed E-state index contributed by atoms with van der Waals surface area (Å²) in [6.45, 7) is 12.4. The number of aromatic nitrogens is 1. The Kier molecular flexibility index (Phi) is 5.45. The van der Waals surface area contributed by atoms with Crippen molar-refractivity contribution in [3.05, 3.63) is 16.1 Å². The largest absolute Gasteiger partial charge is 0.375 e. The van der Waals surface area contributed by atoms with Crippen LogP contribution in [0.25, 0.3) is 0 Å². The summed E-state index contributed by atoms with van der Waals surface area (Å²) in [6.07, 6.45) is 0.877. The number of carbonyl (C=O) groups is 1. The predicted octanol–water partition coefficient (Wildman–Crippen LogP) is 2.80. The second-order valence-corrected chi connectivity index (χ2v) is 7.88. The molecule has 1 aliphatic heterocycles. The lowest BCUT2D eigenvalue weighted by atomic mass is 9.98. The topological polar surface area (TPSA) is 54.5 Å². The zero-order valence-corrected chi connectivity index (χ0v) is 15.0. The van der Waals surface area contributed by atoms with Gasteiger partial charge < -0.3 is 15.0 Å². The Labute approximate surface area is 137 Å². The minimum Gasteiger partial charge on any atom is -0.375 e. The zero-order valence-electron chi connectivity index (χ0n) is 14.2. The van der Waals surface area contributed by atoms with Gasteiger partial charge in [-0.2, -0.15) is 0 Å². The van der Waals surface area contributed by atoms with Crippen LogP contribution in [0.5, 0.6) is 0 Å². The lowest BCUT2D eigenvalue weighted by molar-refractivity contribution is -0.0317. The van der Waals surface area contributed by atoms with Crippen LogP contribution < -0.4 is 5.32 Å². The molecule has 2 heterocycles. The van der Waals surface area contributed by atoms with Crippen molar-refractivity contribution in [1.82, 2.24) is 15.2 Å². The van der Waals surface area contributed by atoms with Crippen molar-refractivity contribution in [3.63, 3.8) is 0 Å². The molecule has 1 aliphatic rings. The molecule has 2 rings (SSSR count). The summed E-state index contributed by atoms with van der Waals surface area (Å²) >= 11 is 1.69. The van der Waals surface area contributed by atoms with Crippen molar-refractivity contribution >= 4 is 17.4 Å². The first-order valence-electron chi connectivity index (χ1n) is 7.88. The summed E-state index contributed by atoms with van der Waals surface area (Å²) in [6, 6.07) is 0.122. The van der Waals surface area contributed by atoms with E-state index in [9.17, 15) is 4.79 Å². The van der Waals surface area contributed by atoms with Gasteiger partial charge in [-0.25, -0.2) is 9.78 Å². The summed E-state index contributed by atoms with van der Waals surface area (Å²) in [5.41, 5.74) is 1.14. The Morgan fingerprint density at radius 3 is 2.86 bits per heavy atom. The van der Waals surface area contributed by atoms with Crippen LogP contribution in [0.2, 0.25) is 0 Å². The molecule has 2 amide bonds. The van der Waals surface area contributed by atoms with E-state index in [2.05, 4.69) is 36.5 Å². The van der Waals surface area contributed by atoms with E-state index in [4.69, 9.17) is 4.74 Å². The van der Waals surface area contributed by atoms with Gasteiger partial charge in [-0.3, -0.25) is 0 Å². The van der Waals surface area contributed by atoms with Crippen LogP contribution in [-0.4, -0.2) is 47.8 Å². The highest BCUT2D eigenvalue weighted by Crippen LogP contribution is 2.25. The molecule has 22 heavy (non-hydrogen) atoms. The normalized spacial score (nSPS) is 22.7. The van der Waals surface area contributed by atoms with Gasteiger partial charge >= 0.3 is 6.03 Å². The van der Waals surface area contributed by atoms with Gasteiger partial charge in [-0.1, -0.05) is 20.8 Å². The lowest BCUT2D eigenvalue weighted by Gasteiger charge is -2.36. The molecule has 0 bridgehead atoms. The van der Waals surface area contributed by atoms with Crippen LogP contribution in [0, 0.1) is 0 Å². The summed E-state index contributed by atoms with van der Waals surface area (Å²) in [7, 11) is 0. The van der Waals surface area contributed by atoms with Gasteiger partial charge in [-0.05, 0) is 13.8 Å². The molecule has 1 fully saturated rings. The van der Waals surface area contributed by atoms with Crippen molar-refractivity contribution in [2.24, 2.45) is 0 Å². The molecule has 0 aromatic carbocycles. The van der Waals surface area contributed by atoms with Crippen LogP contribution in [-0.2, 0) is 16.6 Å². The number of morpholine rings is 1. The minimum atomic E-state index is -0.00563. The maximum Gasteiger partial charge on any atom is 0.317 e. The van der Waals surface area contributed by atoms with Gasteiger partial charge in [-0.15, -0.1) is 11.3 Å². The van der Waals surface area contributed by atoms with Crippen LogP contribution in [0.4, 0.5) is 4.79 Å². The smallest absolute Gasteiger partial charge is 0.317 e. The Morgan fingerprint density at radius 1 is 1.50 bits per heavy atom. The fraction of sp³-hybridized carbons (Fsp3) is 0.750. The molecule has 1 aromatic rings. The molecular weight excluding hydrogens is 298 g/mol. The van der Waals surface area contributed by atoms with Crippen molar-refractivity contribution in [3.8, 4) is 0 Å². The van der Waals surface area contributed by atoms with Crippen molar-refractivity contribution in [2.45, 2.75) is 58.6 Å². The molecule has 1 saturated heterocycles. The van der Waals surface area contributed by atoms with E-state index >= 15 is 0 Å². The molecule has 0 spiro atoms. The van der Waals surface area contributed by atoms with E-state index in [-0.39, 0.29) is 23.6 Å². The molecule has 124 valence electrons. The first kappa shape index (κ1) is 17.2. The van der Waals surface area contributed by atoms with Crippen molar-refractivity contribution in [2.75, 3.05) is 19.7 Å². The number of hydrogen-bond acceptors (Lipinski definition) is 4. The Morgan fingerprint density at radius 2 is 2.23 bits per heavy atom. The number of nitrogens with zero attached hydrogens (tertiary/aromatic N) is 2. The van der Waals surface area contributed by atoms with E-state index in [1.54, 1.807) is 11.3 Å². The fourth-order valence-electron chi connectivity index (χ4n) is 2.35. The standard InChI is InChI=1S/C16H27N3O2S/c1-11-9-21-12(2)8-19(11)15(20)17-7-6-13-10-22-14(18-13)16(3,4)5/h10-12H,6-9H2,1-5H3,(H,17,20)/t11-,12-/m1/s1. The number of ether oxygens (including phenoxy) is 1. The van der Waals surface area contributed by atoms with Gasteiger partial charge in [0.05, 0.1) is 29.5 Å². The van der Waals surface area contributed by atoms with Crippen LogP contribution in [0.3, 0.4) is 0 Å². The highest BCUT2D eigenvalue weighted by molar-refractivity contribution is 7.09. The summed E-state index contributed by atoms with van der Waals surface area (Å²) in [4.78, 5) is 18.8. The molecule has 1 N–H and O–H groups in total. The first-order chi connectivity index (χ1) is 10.3. The van der Waals surface area contributed by atoms with Crippen LogP contribution in [0.1, 0.15) is 45.3 Å². The third-order valence-corrected chi connectivity index (χ3v) is 5.04. The summed E-state index contributed by atoms with van der Waals surface area (Å²) in [5, 5.41) is 6.23. The predicted molar refractivity (Wildman–Crippen MR) is 89.5 cm³/mol. The third-order valence-electron chi connectivity index (χ3n) is 3.72. The molecule has 1 aromatic heterocycles. The Bertz CT molecular complexity index is 510. The third kappa shape index (κ3) is 4.43. The number of thiazole rings is 1. The van der Waals surface area contributed by atoms with E-state index in [1.807, 2.05) is 18.7 Å². The summed E-state index contributed by atoms with van der Waals surface area (Å²) < 4.78 is 5.55. The SMILES string of the molecule is C[C@@H]1CN(C(=O)NCCc2csc(C(C)(C)C)n2)[C@H](C)CO1. The number of hydrogen-bond donors (Lipinski definition) is 1. The van der Waals surface area contributed by atoms with Crippen molar-refractivity contribution in [1.29, 1.82) is 0 Å². The lowest BCUT2D eigenvalue weighted by Crippen LogP contribution is -2.53.